The summed E-state index contributed by atoms with van der Waals surface area (Å²) in [6.45, 7) is 0. The number of nitriles is 1. The first-order chi connectivity index (χ1) is 10.8. The zero-order chi connectivity index (χ0) is 14.9. The van der Waals surface area contributed by atoms with Gasteiger partial charge in [0.05, 0.1) is 0 Å². The molecule has 2 aliphatic rings. The van der Waals surface area contributed by atoms with Crippen LogP contribution in [0.1, 0.15) is 46.7 Å². The Bertz CT molecular complexity index is 733. The minimum absolute atomic E-state index is 0.353. The van der Waals surface area contributed by atoms with E-state index in [2.05, 4.69) is 40.3 Å². The van der Waals surface area contributed by atoms with Crippen molar-refractivity contribution in [3.63, 3.8) is 0 Å². The van der Waals surface area contributed by atoms with Crippen LogP contribution in [0.15, 0.2) is 24.3 Å². The van der Waals surface area contributed by atoms with Gasteiger partial charge in [0.1, 0.15) is 6.07 Å². The first-order valence-electron chi connectivity index (χ1n) is 8.19. The molecule has 22 heavy (non-hydrogen) atoms. The van der Waals surface area contributed by atoms with Crippen LogP contribution >= 0.6 is 0 Å². The van der Waals surface area contributed by atoms with E-state index >= 15 is 0 Å². The molecule has 1 aromatic heterocycles. The molecule has 0 saturated carbocycles. The molecule has 0 aliphatic heterocycles. The van der Waals surface area contributed by atoms with Crippen molar-refractivity contribution in [2.75, 3.05) is 0 Å². The van der Waals surface area contributed by atoms with Gasteiger partial charge in [0.15, 0.2) is 0 Å². The molecule has 0 radical (unpaired) electrons. The average Bonchev–Trinajstić information content (AvgIpc) is 2.97. The lowest BCUT2D eigenvalue weighted by Crippen LogP contribution is -2.16. The molecule has 0 bridgehead atoms. The summed E-state index contributed by atoms with van der Waals surface area (Å²) in [5.41, 5.74) is 6.57. The number of aryl methyl sites for hydroxylation is 1. The second-order valence-electron chi connectivity index (χ2n) is 6.49. The molecule has 1 heterocycles. The van der Waals surface area contributed by atoms with Crippen molar-refractivity contribution in [1.29, 1.82) is 5.26 Å². The van der Waals surface area contributed by atoms with E-state index in [4.69, 9.17) is 0 Å². The molecule has 0 amide bonds. The van der Waals surface area contributed by atoms with Crippen LogP contribution in [0.4, 0.5) is 0 Å². The van der Waals surface area contributed by atoms with Gasteiger partial charge in [-0.3, -0.25) is 0 Å². The Morgan fingerprint density at radius 2 is 1.77 bits per heavy atom. The maximum Gasteiger partial charge on any atom is 0.232 e. The monoisotopic (exact) mass is 289 g/mol. The van der Waals surface area contributed by atoms with E-state index in [1.165, 1.54) is 29.5 Å². The summed E-state index contributed by atoms with van der Waals surface area (Å²) in [5.74, 6) is 0.969. The summed E-state index contributed by atoms with van der Waals surface area (Å²) in [7, 11) is 0. The molecule has 3 heteroatoms. The zero-order valence-corrected chi connectivity index (χ0v) is 12.7. The fourth-order valence-electron chi connectivity index (χ4n) is 3.96. The highest BCUT2D eigenvalue weighted by Gasteiger charge is 2.25. The summed E-state index contributed by atoms with van der Waals surface area (Å²) in [5, 5.41) is 9.19. The Hall–Kier alpha value is -2.21. The molecular formula is C19H19N3. The third-order valence-electron chi connectivity index (χ3n) is 4.99. The molecule has 0 saturated heterocycles. The number of hydrogen-bond acceptors (Lipinski definition) is 3. The topological polar surface area (TPSA) is 49.6 Å². The van der Waals surface area contributed by atoms with Crippen LogP contribution in [0.3, 0.4) is 0 Å². The molecule has 4 rings (SSSR count). The number of fused-ring (bicyclic) bond motifs is 2. The van der Waals surface area contributed by atoms with Gasteiger partial charge in [-0.2, -0.15) is 5.26 Å². The Morgan fingerprint density at radius 1 is 1.05 bits per heavy atom. The first kappa shape index (κ1) is 13.5. The molecule has 0 fully saturated rings. The molecule has 2 aliphatic carbocycles. The van der Waals surface area contributed by atoms with Crippen LogP contribution in [0.2, 0.25) is 0 Å². The van der Waals surface area contributed by atoms with E-state index in [9.17, 15) is 5.26 Å². The number of benzene rings is 1. The van der Waals surface area contributed by atoms with E-state index in [1.54, 1.807) is 0 Å². The van der Waals surface area contributed by atoms with Gasteiger partial charge in [0.25, 0.3) is 0 Å². The van der Waals surface area contributed by atoms with Crippen LogP contribution in [0.5, 0.6) is 0 Å². The van der Waals surface area contributed by atoms with E-state index in [1.807, 2.05) is 0 Å². The minimum atomic E-state index is 0.353. The SMILES string of the molecule is N#Cc1nc2c(c(CC3Cc4ccccc4C3)n1)CCCC2. The maximum absolute atomic E-state index is 9.19. The lowest BCUT2D eigenvalue weighted by Gasteiger charge is -2.19. The average molecular weight is 289 g/mol. The standard InChI is InChI=1S/C19H19N3/c20-12-19-21-17-8-4-3-7-16(17)18(22-19)11-13-9-14-5-1-2-6-15(14)10-13/h1-2,5-6,13H,3-4,7-11H2. The number of aromatic nitrogens is 2. The maximum atomic E-state index is 9.19. The van der Waals surface area contributed by atoms with Crippen molar-refractivity contribution >= 4 is 0 Å². The van der Waals surface area contributed by atoms with Gasteiger partial charge >= 0.3 is 0 Å². The van der Waals surface area contributed by atoms with Gasteiger partial charge < -0.3 is 0 Å². The van der Waals surface area contributed by atoms with Crippen molar-refractivity contribution in [3.05, 3.63) is 58.2 Å². The fraction of sp³-hybridized carbons (Fsp3) is 0.421. The fourth-order valence-corrected chi connectivity index (χ4v) is 3.96. The smallest absolute Gasteiger partial charge is 0.224 e. The molecule has 0 N–H and O–H groups in total. The Kier molecular flexibility index (Phi) is 3.38. The van der Waals surface area contributed by atoms with Crippen molar-refractivity contribution in [2.45, 2.75) is 44.9 Å². The Morgan fingerprint density at radius 3 is 2.50 bits per heavy atom. The van der Waals surface area contributed by atoms with Gasteiger partial charge in [0.2, 0.25) is 5.82 Å². The number of hydrogen-bond donors (Lipinski definition) is 0. The van der Waals surface area contributed by atoms with E-state index < -0.39 is 0 Å². The number of rotatable bonds is 2. The summed E-state index contributed by atoms with van der Waals surface area (Å²) in [4.78, 5) is 8.99. The predicted octanol–water partition coefficient (Wildman–Crippen LogP) is 3.18. The molecule has 0 atom stereocenters. The first-order valence-corrected chi connectivity index (χ1v) is 8.19. The molecule has 2 aromatic rings. The lowest BCUT2D eigenvalue weighted by molar-refractivity contribution is 0.539. The third kappa shape index (κ3) is 2.39. The van der Waals surface area contributed by atoms with Crippen molar-refractivity contribution in [3.8, 4) is 6.07 Å². The van der Waals surface area contributed by atoms with Crippen LogP contribution in [0, 0.1) is 17.2 Å². The Labute approximate surface area is 131 Å². The zero-order valence-electron chi connectivity index (χ0n) is 12.7. The van der Waals surface area contributed by atoms with E-state index in [0.29, 0.717) is 11.7 Å². The van der Waals surface area contributed by atoms with Crippen LogP contribution < -0.4 is 0 Å². The molecular weight excluding hydrogens is 270 g/mol. The van der Waals surface area contributed by atoms with E-state index in [0.717, 1.165) is 43.5 Å². The molecule has 0 spiro atoms. The quantitative estimate of drug-likeness (QED) is 0.853. The molecule has 0 unspecified atom stereocenters. The van der Waals surface area contributed by atoms with Gasteiger partial charge in [0, 0.05) is 11.4 Å². The second kappa shape index (κ2) is 5.53. The van der Waals surface area contributed by atoms with Crippen LogP contribution in [0.25, 0.3) is 0 Å². The van der Waals surface area contributed by atoms with Gasteiger partial charge in [-0.15, -0.1) is 0 Å². The van der Waals surface area contributed by atoms with Gasteiger partial charge in [-0.25, -0.2) is 9.97 Å². The predicted molar refractivity (Wildman–Crippen MR) is 84.4 cm³/mol. The molecule has 3 nitrogen and oxygen atoms in total. The minimum Gasteiger partial charge on any atom is -0.224 e. The summed E-state index contributed by atoms with van der Waals surface area (Å²) >= 11 is 0. The largest absolute Gasteiger partial charge is 0.232 e. The molecule has 110 valence electrons. The lowest BCUT2D eigenvalue weighted by atomic mass is 9.90. The summed E-state index contributed by atoms with van der Waals surface area (Å²) in [6.07, 6.45) is 7.74. The van der Waals surface area contributed by atoms with E-state index in [-0.39, 0.29) is 0 Å². The number of nitrogens with zero attached hydrogens (tertiary/aromatic N) is 3. The van der Waals surface area contributed by atoms with Crippen LogP contribution in [-0.2, 0) is 32.1 Å². The third-order valence-corrected chi connectivity index (χ3v) is 4.99. The van der Waals surface area contributed by atoms with Gasteiger partial charge in [-0.05, 0) is 67.6 Å². The Balaban J connectivity index is 1.63. The highest BCUT2D eigenvalue weighted by Crippen LogP contribution is 2.31. The van der Waals surface area contributed by atoms with Crippen LogP contribution in [-0.4, -0.2) is 9.97 Å². The highest BCUT2D eigenvalue weighted by molar-refractivity contribution is 5.35. The van der Waals surface area contributed by atoms with Crippen molar-refractivity contribution in [1.82, 2.24) is 9.97 Å². The molecule has 1 aromatic carbocycles. The van der Waals surface area contributed by atoms with Crippen molar-refractivity contribution in [2.24, 2.45) is 5.92 Å². The normalized spacial score (nSPS) is 16.9. The van der Waals surface area contributed by atoms with Crippen molar-refractivity contribution < 1.29 is 0 Å². The highest BCUT2D eigenvalue weighted by atomic mass is 14.9. The second-order valence-corrected chi connectivity index (χ2v) is 6.49. The summed E-state index contributed by atoms with van der Waals surface area (Å²) < 4.78 is 0. The van der Waals surface area contributed by atoms with Gasteiger partial charge in [-0.1, -0.05) is 24.3 Å². The summed E-state index contributed by atoms with van der Waals surface area (Å²) in [6, 6.07) is 10.9.